The summed E-state index contributed by atoms with van der Waals surface area (Å²) in [5.41, 5.74) is 0.819. The van der Waals surface area contributed by atoms with Crippen LogP contribution in [0.2, 0.25) is 0 Å². The lowest BCUT2D eigenvalue weighted by atomic mass is 10.1. The van der Waals surface area contributed by atoms with E-state index in [0.29, 0.717) is 23.2 Å². The zero-order chi connectivity index (χ0) is 16.9. The number of nitrogens with one attached hydrogen (secondary N) is 1. The Labute approximate surface area is 142 Å². The Balaban J connectivity index is 1.63. The van der Waals surface area contributed by atoms with Crippen molar-refractivity contribution in [1.29, 1.82) is 0 Å². The van der Waals surface area contributed by atoms with Crippen LogP contribution in [0.5, 0.6) is 5.75 Å². The van der Waals surface area contributed by atoms with E-state index in [0.717, 1.165) is 26.1 Å². The molecule has 0 bridgehead atoms. The Kier molecular flexibility index (Phi) is 5.59. The van der Waals surface area contributed by atoms with Crippen LogP contribution in [-0.4, -0.2) is 41.3 Å². The first kappa shape index (κ1) is 17.1. The topological polar surface area (TPSA) is 58.2 Å². The number of hydrogen-bond donors (Lipinski definition) is 1. The van der Waals surface area contributed by atoms with E-state index in [1.54, 1.807) is 12.1 Å². The fourth-order valence-corrected chi connectivity index (χ4v) is 3.29. The standard InChI is InChI=1S/C17H21FN3O2P/c18-13-10-12(14-4-5-16(22)20-19-14)11-15(24)17(13)23-9-3-8-21-6-1-2-7-21/h4-5,10-11H,1-3,6-9,24H2,(H,20,22). The molecule has 3 rings (SSSR count). The van der Waals surface area contributed by atoms with Crippen molar-refractivity contribution >= 4 is 14.5 Å². The normalized spacial score (nSPS) is 14.9. The molecule has 5 nitrogen and oxygen atoms in total. The smallest absolute Gasteiger partial charge is 0.264 e. The third kappa shape index (κ3) is 4.19. The highest BCUT2D eigenvalue weighted by atomic mass is 31.0. The molecule has 1 aromatic heterocycles. The molecule has 1 fully saturated rings. The van der Waals surface area contributed by atoms with Crippen molar-refractivity contribution in [3.05, 3.63) is 40.4 Å². The molecular formula is C17H21FN3O2P. The van der Waals surface area contributed by atoms with Crippen molar-refractivity contribution in [3.63, 3.8) is 0 Å². The van der Waals surface area contributed by atoms with Gasteiger partial charge in [0.1, 0.15) is 0 Å². The molecule has 1 aliphatic heterocycles. The second-order valence-corrected chi connectivity index (χ2v) is 6.56. The van der Waals surface area contributed by atoms with Crippen LogP contribution in [0.3, 0.4) is 0 Å². The van der Waals surface area contributed by atoms with Gasteiger partial charge in [0.2, 0.25) is 0 Å². The predicted octanol–water partition coefficient (Wildman–Crippen LogP) is 1.94. The molecule has 1 aliphatic rings. The molecule has 2 aromatic rings. The third-order valence-corrected chi connectivity index (χ3v) is 4.54. The number of hydrogen-bond acceptors (Lipinski definition) is 4. The van der Waals surface area contributed by atoms with Crippen molar-refractivity contribution < 1.29 is 9.13 Å². The van der Waals surface area contributed by atoms with Gasteiger partial charge in [-0.15, -0.1) is 9.24 Å². The monoisotopic (exact) mass is 349 g/mol. The second-order valence-electron chi connectivity index (χ2n) is 5.93. The van der Waals surface area contributed by atoms with Gasteiger partial charge >= 0.3 is 0 Å². The average molecular weight is 349 g/mol. The van der Waals surface area contributed by atoms with Crippen LogP contribution in [0.1, 0.15) is 19.3 Å². The van der Waals surface area contributed by atoms with Gasteiger partial charge in [-0.2, -0.15) is 5.10 Å². The van der Waals surface area contributed by atoms with E-state index < -0.39 is 5.82 Å². The number of nitrogens with zero attached hydrogens (tertiary/aromatic N) is 2. The summed E-state index contributed by atoms with van der Waals surface area (Å²) < 4.78 is 20.0. The van der Waals surface area contributed by atoms with Crippen LogP contribution in [-0.2, 0) is 0 Å². The Morgan fingerprint density at radius 1 is 1.29 bits per heavy atom. The molecule has 0 amide bonds. The van der Waals surface area contributed by atoms with Crippen molar-refractivity contribution in [2.75, 3.05) is 26.2 Å². The van der Waals surface area contributed by atoms with Gasteiger partial charge in [-0.25, -0.2) is 9.49 Å². The summed E-state index contributed by atoms with van der Waals surface area (Å²) in [6.07, 6.45) is 3.42. The van der Waals surface area contributed by atoms with Gasteiger partial charge in [0.25, 0.3) is 5.56 Å². The minimum atomic E-state index is -0.424. The van der Waals surface area contributed by atoms with Gasteiger partial charge in [-0.1, -0.05) is 0 Å². The van der Waals surface area contributed by atoms with E-state index >= 15 is 0 Å². The molecule has 0 spiro atoms. The fourth-order valence-electron chi connectivity index (χ4n) is 2.89. The summed E-state index contributed by atoms with van der Waals surface area (Å²) in [6, 6.07) is 6.09. The minimum absolute atomic E-state index is 0.259. The Hall–Kier alpha value is -1.78. The van der Waals surface area contributed by atoms with Crippen molar-refractivity contribution in [3.8, 4) is 17.0 Å². The Morgan fingerprint density at radius 2 is 2.08 bits per heavy atom. The van der Waals surface area contributed by atoms with Gasteiger partial charge in [0.15, 0.2) is 11.6 Å². The van der Waals surface area contributed by atoms with Gasteiger partial charge in [-0.3, -0.25) is 4.79 Å². The predicted molar refractivity (Wildman–Crippen MR) is 95.4 cm³/mol. The van der Waals surface area contributed by atoms with Gasteiger partial charge in [-0.05, 0) is 50.6 Å². The second kappa shape index (κ2) is 7.86. The van der Waals surface area contributed by atoms with Gasteiger partial charge in [0.05, 0.1) is 12.3 Å². The molecule has 0 radical (unpaired) electrons. The Morgan fingerprint density at radius 3 is 2.75 bits per heavy atom. The highest BCUT2D eigenvalue weighted by molar-refractivity contribution is 7.27. The van der Waals surface area contributed by atoms with Crippen molar-refractivity contribution in [2.24, 2.45) is 0 Å². The highest BCUT2D eigenvalue weighted by Crippen LogP contribution is 2.24. The van der Waals surface area contributed by atoms with E-state index in [1.165, 1.54) is 25.0 Å². The molecule has 1 aromatic carbocycles. The fraction of sp³-hybridized carbons (Fsp3) is 0.412. The number of likely N-dealkylation sites (tertiary alicyclic amines) is 1. The molecule has 1 N–H and O–H groups in total. The van der Waals surface area contributed by atoms with Crippen LogP contribution in [0.4, 0.5) is 4.39 Å². The molecule has 2 heterocycles. The van der Waals surface area contributed by atoms with Crippen LogP contribution in [0, 0.1) is 5.82 Å². The molecule has 1 unspecified atom stereocenters. The number of H-pyrrole nitrogens is 1. The SMILES string of the molecule is O=c1ccc(-c2cc(F)c(OCCCN3CCCC3)c(P)c2)n[nH]1. The number of rotatable bonds is 6. The molecule has 1 atom stereocenters. The maximum atomic E-state index is 14.4. The maximum Gasteiger partial charge on any atom is 0.264 e. The third-order valence-electron chi connectivity index (χ3n) is 4.11. The van der Waals surface area contributed by atoms with Gasteiger partial charge < -0.3 is 9.64 Å². The zero-order valence-electron chi connectivity index (χ0n) is 13.4. The first-order valence-corrected chi connectivity index (χ1v) is 8.71. The Bertz CT molecular complexity index is 716. The van der Waals surface area contributed by atoms with E-state index in [2.05, 4.69) is 24.3 Å². The first-order chi connectivity index (χ1) is 11.6. The van der Waals surface area contributed by atoms with Crippen LogP contribution in [0.25, 0.3) is 11.3 Å². The zero-order valence-corrected chi connectivity index (χ0v) is 14.6. The van der Waals surface area contributed by atoms with E-state index in [-0.39, 0.29) is 11.3 Å². The van der Waals surface area contributed by atoms with Crippen molar-refractivity contribution in [2.45, 2.75) is 19.3 Å². The van der Waals surface area contributed by atoms with Crippen LogP contribution < -0.4 is 15.6 Å². The van der Waals surface area contributed by atoms with Crippen LogP contribution in [0.15, 0.2) is 29.1 Å². The van der Waals surface area contributed by atoms with Crippen molar-refractivity contribution in [1.82, 2.24) is 15.1 Å². The lowest BCUT2D eigenvalue weighted by Gasteiger charge is -2.15. The maximum absolute atomic E-state index is 14.4. The highest BCUT2D eigenvalue weighted by Gasteiger charge is 2.13. The van der Waals surface area contributed by atoms with E-state index in [9.17, 15) is 9.18 Å². The van der Waals surface area contributed by atoms with Gasteiger partial charge in [0, 0.05) is 23.5 Å². The number of halogens is 1. The largest absolute Gasteiger partial charge is 0.490 e. The molecular weight excluding hydrogens is 328 g/mol. The number of benzene rings is 1. The molecule has 7 heteroatoms. The minimum Gasteiger partial charge on any atom is -0.490 e. The molecule has 0 saturated carbocycles. The first-order valence-electron chi connectivity index (χ1n) is 8.14. The summed E-state index contributed by atoms with van der Waals surface area (Å²) in [4.78, 5) is 13.5. The van der Waals surface area contributed by atoms with E-state index in [1.807, 2.05) is 0 Å². The number of aromatic amines is 1. The molecule has 1 saturated heterocycles. The number of ether oxygens (including phenoxy) is 1. The molecule has 24 heavy (non-hydrogen) atoms. The summed E-state index contributed by atoms with van der Waals surface area (Å²) in [5, 5.41) is 6.91. The average Bonchev–Trinajstić information content (AvgIpc) is 3.07. The van der Waals surface area contributed by atoms with E-state index in [4.69, 9.17) is 4.74 Å². The lowest BCUT2D eigenvalue weighted by molar-refractivity contribution is 0.257. The quantitative estimate of drug-likeness (QED) is 0.640. The summed E-state index contributed by atoms with van der Waals surface area (Å²) in [6.45, 7) is 3.80. The lowest BCUT2D eigenvalue weighted by Crippen LogP contribution is -2.22. The summed E-state index contributed by atoms with van der Waals surface area (Å²) >= 11 is 0. The molecule has 128 valence electrons. The van der Waals surface area contributed by atoms with Crippen LogP contribution >= 0.6 is 9.24 Å². The summed E-state index contributed by atoms with van der Waals surface area (Å²) in [5.74, 6) is -0.165. The number of aromatic nitrogens is 2. The molecule has 0 aliphatic carbocycles. The summed E-state index contributed by atoms with van der Waals surface area (Å²) in [7, 11) is 2.50.